The van der Waals surface area contributed by atoms with Crippen LogP contribution in [0.2, 0.25) is 0 Å². The molecule has 0 atom stereocenters. The summed E-state index contributed by atoms with van der Waals surface area (Å²) in [5.41, 5.74) is 0. The van der Waals surface area contributed by atoms with Gasteiger partial charge < -0.3 is 0 Å². The molecule has 0 radical (unpaired) electrons. The van der Waals surface area contributed by atoms with Crippen LogP contribution in [-0.2, 0) is 8.76 Å². The third-order valence-corrected chi connectivity index (χ3v) is 0. The minimum atomic E-state index is -3.95. The van der Waals surface area contributed by atoms with Crippen molar-refractivity contribution in [1.82, 2.24) is 0 Å². The first kappa shape index (κ1) is 12.0. The molecule has 0 aliphatic heterocycles. The molecular weight excluding hydrogens is 428 g/mol. The minimum absolute atomic E-state index is 3.89. The van der Waals surface area contributed by atoms with E-state index in [1.165, 1.54) is 0 Å². The molecule has 0 N–H and O–H groups in total. The molecule has 8 heavy (non-hydrogen) atoms. The zero-order valence-electron chi connectivity index (χ0n) is 3.04. The molecule has 0 rings (SSSR count). The van der Waals surface area contributed by atoms with Crippen LogP contribution in [-0.4, -0.2) is 0 Å². The van der Waals surface area contributed by atoms with Crippen LogP contribution in [0.1, 0.15) is 0 Å². The van der Waals surface area contributed by atoms with Crippen molar-refractivity contribution in [2.45, 2.75) is 0 Å². The summed E-state index contributed by atoms with van der Waals surface area (Å²) in [7, 11) is 0. The van der Waals surface area contributed by atoms with E-state index in [-0.39, 0.29) is 0 Å². The van der Waals surface area contributed by atoms with Crippen LogP contribution in [0.4, 0.5) is 0 Å². The summed E-state index contributed by atoms with van der Waals surface area (Å²) >= 11 is -7.84. The van der Waals surface area contributed by atoms with Crippen LogP contribution in [0.3, 0.4) is 0 Å². The number of rotatable bonds is 0. The summed E-state index contributed by atoms with van der Waals surface area (Å²) in [5, 5.41) is 0. The fourth-order valence-corrected chi connectivity index (χ4v) is 0. The Labute approximate surface area is 70.9 Å². The van der Waals surface area contributed by atoms with E-state index in [0.29, 0.717) is 0 Å². The molecule has 0 aromatic heterocycles. The van der Waals surface area contributed by atoms with E-state index in [9.17, 15) is 0 Å². The van der Waals surface area contributed by atoms with Crippen molar-refractivity contribution in [3.8, 4) is 0 Å². The Bertz CT molecular complexity index is 177. The third kappa shape index (κ3) is 170. The van der Waals surface area contributed by atoms with E-state index in [1.54, 1.807) is 0 Å². The van der Waals surface area contributed by atoms with Crippen molar-refractivity contribution in [3.05, 3.63) is 0 Å². The van der Waals surface area contributed by atoms with Gasteiger partial charge in [0, 0.05) is 0 Å². The van der Waals surface area contributed by atoms with Crippen LogP contribution in [0.25, 0.3) is 0 Å². The molecule has 8 heteroatoms. The Morgan fingerprint density at radius 2 is 0.875 bits per heavy atom. The third-order valence-electron chi connectivity index (χ3n) is 0. The van der Waals surface area contributed by atoms with E-state index < -0.39 is 64.0 Å². The van der Waals surface area contributed by atoms with Crippen LogP contribution in [0.15, 0.2) is 0 Å². The summed E-state index contributed by atoms with van der Waals surface area (Å²) in [6.45, 7) is 0. The molecule has 0 unspecified atom stereocenters. The van der Waals surface area contributed by atoms with Crippen LogP contribution in [0, 0.1) is 64.0 Å². The first-order valence-electron chi connectivity index (χ1n) is 0.723. The topological polar surface area (TPSA) is 102 Å². The summed E-state index contributed by atoms with van der Waals surface area (Å²) in [6, 6.07) is 0. The Morgan fingerprint density at radius 1 is 0.875 bits per heavy atom. The average molecular weight is 428 g/mol. The second kappa shape index (κ2) is 8.31. The Kier molecular flexibility index (Phi) is 12.5. The standard InChI is InChI=1S/Er.Ho.6O. The maximum absolute atomic E-state index is 8.56. The van der Waals surface area contributed by atoms with Gasteiger partial charge in [0.25, 0.3) is 0 Å². The molecule has 0 heterocycles. The quantitative estimate of drug-likeness (QED) is 0.473. The van der Waals surface area contributed by atoms with E-state index in [0.717, 1.165) is 0 Å². The van der Waals surface area contributed by atoms with Crippen molar-refractivity contribution in [2.24, 2.45) is 0 Å². The molecule has 59 valence electrons. The van der Waals surface area contributed by atoms with Gasteiger partial charge >= 0.3 is 72.7 Å². The molecule has 0 fully saturated rings. The van der Waals surface area contributed by atoms with Gasteiger partial charge in [-0.25, -0.2) is 0 Å². The second-order valence-corrected chi connectivity index (χ2v) is 2.19. The van der Waals surface area contributed by atoms with Gasteiger partial charge in [-0.2, -0.15) is 0 Å². The molecular formula is ErHoO6. The molecule has 0 saturated heterocycles. The van der Waals surface area contributed by atoms with E-state index >= 15 is 0 Å². The van der Waals surface area contributed by atoms with Gasteiger partial charge in [0.1, 0.15) is 0 Å². The first-order valence-corrected chi connectivity index (χ1v) is 5.36. The second-order valence-electron chi connectivity index (χ2n) is 0.295. The van der Waals surface area contributed by atoms with E-state index in [2.05, 4.69) is 0 Å². The fourth-order valence-electron chi connectivity index (χ4n) is 0. The summed E-state index contributed by atoms with van der Waals surface area (Å²) < 4.78 is 51.4. The van der Waals surface area contributed by atoms with E-state index in [1.807, 2.05) is 0 Å². The van der Waals surface area contributed by atoms with Gasteiger partial charge in [-0.3, -0.25) is 0 Å². The van der Waals surface area contributed by atoms with E-state index in [4.69, 9.17) is 8.76 Å². The van der Waals surface area contributed by atoms with Gasteiger partial charge in [-0.15, -0.1) is 0 Å². The summed E-state index contributed by atoms with van der Waals surface area (Å²) in [6.07, 6.45) is 0. The summed E-state index contributed by atoms with van der Waals surface area (Å²) in [5.74, 6) is 0. The van der Waals surface area contributed by atoms with Crippen LogP contribution >= 0.6 is 0 Å². The van der Waals surface area contributed by atoms with Gasteiger partial charge in [0.15, 0.2) is 0 Å². The molecule has 6 nitrogen and oxygen atoms in total. The molecule has 0 aromatic rings. The van der Waals surface area contributed by atoms with Gasteiger partial charge in [-0.05, 0) is 0 Å². The van der Waals surface area contributed by atoms with Crippen molar-refractivity contribution in [3.63, 3.8) is 0 Å². The number of hydrogen-bond acceptors (Lipinski definition) is 6. The van der Waals surface area contributed by atoms with Crippen LogP contribution in [0.5, 0.6) is 0 Å². The monoisotopic (exact) mass is 427 g/mol. The van der Waals surface area contributed by atoms with Crippen molar-refractivity contribution < 1.29 is 72.7 Å². The summed E-state index contributed by atoms with van der Waals surface area (Å²) in [4.78, 5) is 0. The predicted octanol–water partition coefficient (Wildman–Crippen LogP) is -0.713. The van der Waals surface area contributed by atoms with Crippen LogP contribution < -0.4 is 0 Å². The van der Waals surface area contributed by atoms with Crippen molar-refractivity contribution in [2.75, 3.05) is 0 Å². The number of hydrogen-bond donors (Lipinski definition) is 0. The SMILES string of the molecule is [O]=[Er](=[O])=[O].[O]=[Ho](=[O])=[O]. The zero-order chi connectivity index (χ0) is 7.15. The average Bonchev–Trinajstić information content (AvgIpc) is 1.25. The molecule has 0 bridgehead atoms. The molecule has 0 saturated carbocycles. The zero-order valence-corrected chi connectivity index (χ0v) is 6.83. The fraction of sp³-hybridized carbons (Fsp3) is 0. The molecule has 0 spiro atoms. The Hall–Kier alpha value is 1.31. The Morgan fingerprint density at radius 3 is 0.875 bits per heavy atom. The molecule has 0 amide bonds. The first-order chi connectivity index (χ1) is 3.46. The van der Waals surface area contributed by atoms with Crippen molar-refractivity contribution >= 4 is 0 Å². The maximum atomic E-state index is 8.56. The molecule has 0 aliphatic carbocycles. The van der Waals surface area contributed by atoms with Crippen molar-refractivity contribution in [1.29, 1.82) is 0 Å². The molecule has 0 aliphatic rings. The predicted molar refractivity (Wildman–Crippen MR) is 4.12 cm³/mol. The van der Waals surface area contributed by atoms with Gasteiger partial charge in [0.2, 0.25) is 0 Å². The normalized spacial score (nSPS) is 10.5. The molecule has 0 aromatic carbocycles. The van der Waals surface area contributed by atoms with Gasteiger partial charge in [-0.1, -0.05) is 0 Å². The van der Waals surface area contributed by atoms with Gasteiger partial charge in [0.05, 0.1) is 0 Å². The Balaban J connectivity index is 0.